The van der Waals surface area contributed by atoms with Gasteiger partial charge in [0.25, 0.3) is 5.91 Å². The van der Waals surface area contributed by atoms with Crippen LogP contribution >= 0.6 is 0 Å². The van der Waals surface area contributed by atoms with Crippen LogP contribution in [0.15, 0.2) is 42.5 Å². The maximum atomic E-state index is 13.1. The largest absolute Gasteiger partial charge is 0.491 e. The number of rotatable bonds is 16. The van der Waals surface area contributed by atoms with Gasteiger partial charge in [-0.3, -0.25) is 9.59 Å². The number of nitrogens with zero attached hydrogens (tertiary/aromatic N) is 1. The van der Waals surface area contributed by atoms with E-state index in [-0.39, 0.29) is 18.9 Å². The van der Waals surface area contributed by atoms with Crippen LogP contribution in [-0.2, 0) is 4.79 Å². The number of amides is 1. The Morgan fingerprint density at radius 3 is 2.24 bits per heavy atom. The summed E-state index contributed by atoms with van der Waals surface area (Å²) >= 11 is 0. The summed E-state index contributed by atoms with van der Waals surface area (Å²) in [6.07, 6.45) is 7.65. The molecule has 6 nitrogen and oxygen atoms in total. The average molecular weight is 469 g/mol. The normalized spacial score (nSPS) is 10.7. The van der Waals surface area contributed by atoms with Crippen LogP contribution in [0, 0.1) is 6.92 Å². The van der Waals surface area contributed by atoms with Gasteiger partial charge in [-0.05, 0) is 62.1 Å². The molecule has 0 heterocycles. The number of carboxylic acids is 1. The van der Waals surface area contributed by atoms with Crippen molar-refractivity contribution in [2.75, 3.05) is 29.9 Å². The van der Waals surface area contributed by atoms with Gasteiger partial charge in [-0.15, -0.1) is 0 Å². The molecular weight excluding hydrogens is 428 g/mol. The van der Waals surface area contributed by atoms with Crippen LogP contribution in [0.3, 0.4) is 0 Å². The average Bonchev–Trinajstić information content (AvgIpc) is 2.81. The predicted molar refractivity (Wildman–Crippen MR) is 139 cm³/mol. The minimum atomic E-state index is -0.849. The molecule has 0 atom stereocenters. The van der Waals surface area contributed by atoms with Gasteiger partial charge in [-0.2, -0.15) is 0 Å². The van der Waals surface area contributed by atoms with Crippen LogP contribution in [0.4, 0.5) is 11.4 Å². The highest BCUT2D eigenvalue weighted by atomic mass is 16.5. The summed E-state index contributed by atoms with van der Waals surface area (Å²) < 4.78 is 5.71. The number of hydrogen-bond acceptors (Lipinski definition) is 4. The standard InChI is InChI=1S/C28H40N2O4/c1-4-6-10-18-30(19-11-7-5-2)23-16-17-24(22(3)21-23)28(33)29-25-13-8-9-14-26(25)34-20-12-15-27(31)32/h8-9,13-14,16-17,21H,4-7,10-12,15,18-20H2,1-3H3,(H,29,33)(H,31,32). The Bertz CT molecular complexity index is 903. The Morgan fingerprint density at radius 2 is 1.62 bits per heavy atom. The molecule has 6 heteroatoms. The fourth-order valence-electron chi connectivity index (χ4n) is 3.87. The van der Waals surface area contributed by atoms with Gasteiger partial charge in [0.15, 0.2) is 0 Å². The summed E-state index contributed by atoms with van der Waals surface area (Å²) in [4.78, 5) is 26.2. The second-order valence-electron chi connectivity index (χ2n) is 8.70. The summed E-state index contributed by atoms with van der Waals surface area (Å²) in [7, 11) is 0. The van der Waals surface area contributed by atoms with Crippen molar-refractivity contribution in [2.24, 2.45) is 0 Å². The Kier molecular flexibility index (Phi) is 12.0. The molecule has 0 aliphatic heterocycles. The molecule has 1 amide bonds. The van der Waals surface area contributed by atoms with E-state index < -0.39 is 5.97 Å². The first kappa shape index (κ1) is 27.2. The SMILES string of the molecule is CCCCCN(CCCCC)c1ccc(C(=O)Nc2ccccc2OCCCC(=O)O)c(C)c1. The lowest BCUT2D eigenvalue weighted by Gasteiger charge is -2.26. The minimum absolute atomic E-state index is 0.0496. The van der Waals surface area contributed by atoms with Gasteiger partial charge < -0.3 is 20.1 Å². The number of anilines is 2. The van der Waals surface area contributed by atoms with Crippen LogP contribution in [0.25, 0.3) is 0 Å². The van der Waals surface area contributed by atoms with Gasteiger partial charge in [0.1, 0.15) is 5.75 Å². The topological polar surface area (TPSA) is 78.9 Å². The van der Waals surface area contributed by atoms with Gasteiger partial charge in [0, 0.05) is 30.8 Å². The summed E-state index contributed by atoms with van der Waals surface area (Å²) in [5, 5.41) is 11.7. The lowest BCUT2D eigenvalue weighted by atomic mass is 10.1. The van der Waals surface area contributed by atoms with Crippen molar-refractivity contribution in [1.29, 1.82) is 0 Å². The number of unbranched alkanes of at least 4 members (excludes halogenated alkanes) is 4. The van der Waals surface area contributed by atoms with Crippen molar-refractivity contribution in [3.8, 4) is 5.75 Å². The number of carbonyl (C=O) groups is 2. The van der Waals surface area contributed by atoms with E-state index in [0.29, 0.717) is 23.4 Å². The monoisotopic (exact) mass is 468 g/mol. The zero-order valence-electron chi connectivity index (χ0n) is 20.9. The molecule has 0 aliphatic carbocycles. The van der Waals surface area contributed by atoms with Gasteiger partial charge >= 0.3 is 5.97 Å². The smallest absolute Gasteiger partial charge is 0.303 e. The summed E-state index contributed by atoms with van der Waals surface area (Å²) in [6, 6.07) is 13.3. The second kappa shape index (κ2) is 15.0. The summed E-state index contributed by atoms with van der Waals surface area (Å²) in [5.41, 5.74) is 3.31. The van der Waals surface area contributed by atoms with E-state index in [4.69, 9.17) is 9.84 Å². The zero-order chi connectivity index (χ0) is 24.8. The molecule has 186 valence electrons. The molecule has 0 radical (unpaired) electrons. The molecule has 0 aromatic heterocycles. The lowest BCUT2D eigenvalue weighted by molar-refractivity contribution is -0.137. The van der Waals surface area contributed by atoms with Crippen molar-refractivity contribution in [2.45, 2.75) is 72.1 Å². The van der Waals surface area contributed by atoms with Crippen molar-refractivity contribution in [3.05, 3.63) is 53.6 Å². The molecule has 34 heavy (non-hydrogen) atoms. The minimum Gasteiger partial charge on any atom is -0.491 e. The fraction of sp³-hybridized carbons (Fsp3) is 0.500. The molecule has 0 spiro atoms. The third-order valence-electron chi connectivity index (χ3n) is 5.81. The van der Waals surface area contributed by atoms with Crippen LogP contribution < -0.4 is 15.0 Å². The molecule has 0 aliphatic rings. The van der Waals surface area contributed by atoms with Gasteiger partial charge in [-0.1, -0.05) is 51.7 Å². The Labute approximate surface area is 204 Å². The van der Waals surface area contributed by atoms with Crippen molar-refractivity contribution >= 4 is 23.3 Å². The van der Waals surface area contributed by atoms with E-state index in [0.717, 1.165) is 18.7 Å². The lowest BCUT2D eigenvalue weighted by Crippen LogP contribution is -2.26. The zero-order valence-corrected chi connectivity index (χ0v) is 20.9. The molecule has 2 rings (SSSR count). The van der Waals surface area contributed by atoms with Crippen LogP contribution in [0.1, 0.15) is 81.1 Å². The van der Waals surface area contributed by atoms with E-state index in [1.54, 1.807) is 12.1 Å². The Balaban J connectivity index is 2.08. The van der Waals surface area contributed by atoms with Crippen LogP contribution in [0.2, 0.25) is 0 Å². The van der Waals surface area contributed by atoms with E-state index in [1.165, 1.54) is 44.2 Å². The first-order valence-electron chi connectivity index (χ1n) is 12.6. The molecule has 0 unspecified atom stereocenters. The number of carbonyl (C=O) groups excluding carboxylic acids is 1. The van der Waals surface area contributed by atoms with Gasteiger partial charge in [0.2, 0.25) is 0 Å². The van der Waals surface area contributed by atoms with Gasteiger partial charge in [0.05, 0.1) is 12.3 Å². The number of aliphatic carboxylic acids is 1. The maximum Gasteiger partial charge on any atom is 0.303 e. The highest BCUT2D eigenvalue weighted by Crippen LogP contribution is 2.26. The molecule has 0 saturated carbocycles. The molecule has 0 fully saturated rings. The third-order valence-corrected chi connectivity index (χ3v) is 5.81. The van der Waals surface area contributed by atoms with Gasteiger partial charge in [-0.25, -0.2) is 0 Å². The first-order chi connectivity index (χ1) is 16.5. The van der Waals surface area contributed by atoms with E-state index in [9.17, 15) is 9.59 Å². The van der Waals surface area contributed by atoms with Crippen molar-refractivity contribution in [3.63, 3.8) is 0 Å². The molecular formula is C28H40N2O4. The number of hydrogen-bond donors (Lipinski definition) is 2. The number of para-hydroxylation sites is 2. The predicted octanol–water partition coefficient (Wildman–Crippen LogP) is 6.68. The highest BCUT2D eigenvalue weighted by Gasteiger charge is 2.15. The number of ether oxygens (including phenoxy) is 1. The fourth-order valence-corrected chi connectivity index (χ4v) is 3.87. The van der Waals surface area contributed by atoms with Crippen LogP contribution in [-0.4, -0.2) is 36.7 Å². The molecule has 2 aromatic carbocycles. The van der Waals surface area contributed by atoms with Crippen LogP contribution in [0.5, 0.6) is 5.75 Å². The highest BCUT2D eigenvalue weighted by molar-refractivity contribution is 6.06. The third kappa shape index (κ3) is 9.08. The summed E-state index contributed by atoms with van der Waals surface area (Å²) in [5.74, 6) is -0.499. The van der Waals surface area contributed by atoms with E-state index in [2.05, 4.69) is 30.1 Å². The number of nitrogens with one attached hydrogen (secondary N) is 1. The van der Waals surface area contributed by atoms with E-state index in [1.807, 2.05) is 31.2 Å². The Hall–Kier alpha value is -3.02. The molecule has 0 bridgehead atoms. The second-order valence-corrected chi connectivity index (χ2v) is 8.70. The number of aryl methyl sites for hydroxylation is 1. The van der Waals surface area contributed by atoms with E-state index >= 15 is 0 Å². The maximum absolute atomic E-state index is 13.1. The Morgan fingerprint density at radius 1 is 0.941 bits per heavy atom. The van der Waals surface area contributed by atoms with Crippen molar-refractivity contribution < 1.29 is 19.4 Å². The number of benzene rings is 2. The molecule has 2 aromatic rings. The summed E-state index contributed by atoms with van der Waals surface area (Å²) in [6.45, 7) is 8.77. The molecule has 2 N–H and O–H groups in total. The van der Waals surface area contributed by atoms with Crippen molar-refractivity contribution in [1.82, 2.24) is 0 Å². The first-order valence-corrected chi connectivity index (χ1v) is 12.6. The number of carboxylic acid groups (broad SMARTS) is 1. The molecule has 0 saturated heterocycles. The quantitative estimate of drug-likeness (QED) is 0.269.